The van der Waals surface area contributed by atoms with Crippen molar-refractivity contribution in [3.05, 3.63) is 35.4 Å². The zero-order valence-corrected chi connectivity index (χ0v) is 11.7. The fraction of sp³-hybridized carbons (Fsp3) is 0.533. The van der Waals surface area contributed by atoms with Gasteiger partial charge in [0.25, 0.3) is 0 Å². The molecule has 0 aliphatic heterocycles. The first-order valence-corrected chi connectivity index (χ1v) is 6.99. The Kier molecular flexibility index (Phi) is 4.70. The third-order valence-electron chi connectivity index (χ3n) is 3.63. The van der Waals surface area contributed by atoms with Crippen molar-refractivity contribution < 1.29 is 13.6 Å². The Morgan fingerprint density at radius 3 is 2.65 bits per heavy atom. The third-order valence-corrected chi connectivity index (χ3v) is 3.63. The maximum absolute atomic E-state index is 13.6. The van der Waals surface area contributed by atoms with Gasteiger partial charge in [-0.1, -0.05) is 13.0 Å². The highest BCUT2D eigenvalue weighted by Crippen LogP contribution is 2.49. The first-order valence-electron chi connectivity index (χ1n) is 6.99. The molecule has 0 saturated heterocycles. The molecule has 1 aromatic carbocycles. The summed E-state index contributed by atoms with van der Waals surface area (Å²) in [6, 6.07) is 3.99. The lowest BCUT2D eigenvalue weighted by molar-refractivity contribution is -0.122. The van der Waals surface area contributed by atoms with Gasteiger partial charge in [-0.2, -0.15) is 0 Å². The molecule has 1 saturated carbocycles. The monoisotopic (exact) mass is 282 g/mol. The van der Waals surface area contributed by atoms with Crippen LogP contribution >= 0.6 is 0 Å². The lowest BCUT2D eigenvalue weighted by Gasteiger charge is -2.13. The molecule has 2 unspecified atom stereocenters. The van der Waals surface area contributed by atoms with Gasteiger partial charge in [0.05, 0.1) is 0 Å². The van der Waals surface area contributed by atoms with Crippen LogP contribution < -0.4 is 10.6 Å². The summed E-state index contributed by atoms with van der Waals surface area (Å²) < 4.78 is 27.2. The van der Waals surface area contributed by atoms with Gasteiger partial charge in [0.15, 0.2) is 0 Å². The molecule has 1 aromatic rings. The van der Waals surface area contributed by atoms with Crippen LogP contribution in [0.1, 0.15) is 31.7 Å². The Balaban J connectivity index is 1.90. The van der Waals surface area contributed by atoms with E-state index in [1.807, 2.05) is 13.8 Å². The van der Waals surface area contributed by atoms with Crippen LogP contribution in [0.15, 0.2) is 18.2 Å². The molecule has 0 spiro atoms. The number of likely N-dealkylation sites (N-methyl/N-ethyl adjacent to an activating group) is 1. The Bertz CT molecular complexity index is 473. The number of hydrogen-bond donors (Lipinski definition) is 2. The highest BCUT2D eigenvalue weighted by molar-refractivity contribution is 5.82. The largest absolute Gasteiger partial charge is 0.354 e. The van der Waals surface area contributed by atoms with E-state index in [2.05, 4.69) is 10.6 Å². The second-order valence-corrected chi connectivity index (χ2v) is 5.29. The van der Waals surface area contributed by atoms with E-state index in [4.69, 9.17) is 0 Å². The summed E-state index contributed by atoms with van der Waals surface area (Å²) in [6.07, 6.45) is 0.513. The van der Waals surface area contributed by atoms with Gasteiger partial charge in [-0.25, -0.2) is 8.78 Å². The number of hydrogen-bond acceptors (Lipinski definition) is 2. The predicted molar refractivity (Wildman–Crippen MR) is 73.4 cm³/mol. The summed E-state index contributed by atoms with van der Waals surface area (Å²) in [4.78, 5) is 11.9. The van der Waals surface area contributed by atoms with Gasteiger partial charge < -0.3 is 10.6 Å². The van der Waals surface area contributed by atoms with E-state index in [1.54, 1.807) is 0 Å². The highest BCUT2D eigenvalue weighted by Gasteiger charge is 2.46. The fourth-order valence-corrected chi connectivity index (χ4v) is 2.47. The van der Waals surface area contributed by atoms with Crippen molar-refractivity contribution in [3.8, 4) is 0 Å². The first-order chi connectivity index (χ1) is 9.54. The van der Waals surface area contributed by atoms with Crippen molar-refractivity contribution >= 4 is 5.91 Å². The van der Waals surface area contributed by atoms with Crippen LogP contribution in [-0.4, -0.2) is 25.0 Å². The van der Waals surface area contributed by atoms with Gasteiger partial charge in [0, 0.05) is 30.0 Å². The van der Waals surface area contributed by atoms with Crippen molar-refractivity contribution in [3.63, 3.8) is 0 Å². The molecule has 3 atom stereocenters. The Labute approximate surface area is 117 Å². The van der Waals surface area contributed by atoms with Gasteiger partial charge in [-0.3, -0.25) is 4.79 Å². The van der Waals surface area contributed by atoms with E-state index in [-0.39, 0.29) is 29.3 Å². The number of carbonyl (C=O) groups is 1. The quantitative estimate of drug-likeness (QED) is 0.839. The van der Waals surface area contributed by atoms with Crippen LogP contribution in [0.3, 0.4) is 0 Å². The molecule has 0 heterocycles. The molecule has 1 amide bonds. The second kappa shape index (κ2) is 6.31. The average molecular weight is 282 g/mol. The minimum absolute atomic E-state index is 0.0485. The van der Waals surface area contributed by atoms with Gasteiger partial charge in [-0.05, 0) is 32.0 Å². The molecule has 1 aliphatic rings. The number of amides is 1. The SMILES string of the molecule is CCN[C@H](C)CNC(=O)C1CC1c1c(F)cccc1F. The van der Waals surface area contributed by atoms with Gasteiger partial charge in [-0.15, -0.1) is 0 Å². The Morgan fingerprint density at radius 2 is 2.05 bits per heavy atom. The molecule has 110 valence electrons. The van der Waals surface area contributed by atoms with Crippen LogP contribution in [0, 0.1) is 17.6 Å². The lowest BCUT2D eigenvalue weighted by Crippen LogP contribution is -2.39. The summed E-state index contributed by atoms with van der Waals surface area (Å²) in [7, 11) is 0. The van der Waals surface area contributed by atoms with E-state index in [9.17, 15) is 13.6 Å². The molecule has 0 bridgehead atoms. The van der Waals surface area contributed by atoms with Crippen molar-refractivity contribution in [2.75, 3.05) is 13.1 Å². The molecule has 2 N–H and O–H groups in total. The molecule has 1 fully saturated rings. The molecular weight excluding hydrogens is 262 g/mol. The molecule has 2 rings (SSSR count). The third kappa shape index (κ3) is 3.33. The van der Waals surface area contributed by atoms with Gasteiger partial charge in [0.1, 0.15) is 11.6 Å². The molecule has 5 heteroatoms. The van der Waals surface area contributed by atoms with Crippen LogP contribution in [0.4, 0.5) is 8.78 Å². The number of nitrogens with one attached hydrogen (secondary N) is 2. The van der Waals surface area contributed by atoms with Crippen LogP contribution in [0.5, 0.6) is 0 Å². The molecule has 1 aliphatic carbocycles. The topological polar surface area (TPSA) is 41.1 Å². The van der Waals surface area contributed by atoms with Crippen molar-refractivity contribution in [2.24, 2.45) is 5.92 Å². The van der Waals surface area contributed by atoms with E-state index in [1.165, 1.54) is 18.2 Å². The smallest absolute Gasteiger partial charge is 0.223 e. The molecule has 0 aromatic heterocycles. The summed E-state index contributed by atoms with van der Waals surface area (Å²) in [6.45, 7) is 5.33. The van der Waals surface area contributed by atoms with Crippen molar-refractivity contribution in [1.29, 1.82) is 0 Å². The first kappa shape index (κ1) is 14.9. The molecule has 0 radical (unpaired) electrons. The summed E-state index contributed by atoms with van der Waals surface area (Å²) >= 11 is 0. The van der Waals surface area contributed by atoms with Gasteiger partial charge >= 0.3 is 0 Å². The fourth-order valence-electron chi connectivity index (χ4n) is 2.47. The van der Waals surface area contributed by atoms with E-state index in [0.717, 1.165) is 6.54 Å². The number of halogens is 2. The predicted octanol–water partition coefficient (Wildman–Crippen LogP) is 2.18. The number of rotatable bonds is 6. The van der Waals surface area contributed by atoms with Crippen molar-refractivity contribution in [2.45, 2.75) is 32.2 Å². The zero-order valence-electron chi connectivity index (χ0n) is 11.7. The van der Waals surface area contributed by atoms with Crippen LogP contribution in [-0.2, 0) is 4.79 Å². The summed E-state index contributed by atoms with van der Waals surface area (Å²) in [5, 5.41) is 6.01. The average Bonchev–Trinajstić information content (AvgIpc) is 3.16. The normalized spacial score (nSPS) is 22.4. The Hall–Kier alpha value is -1.49. The van der Waals surface area contributed by atoms with E-state index < -0.39 is 11.6 Å². The standard InChI is InChI=1S/C15H20F2N2O/c1-3-18-9(2)8-19-15(20)11-7-10(11)14-12(16)5-4-6-13(14)17/h4-6,9-11,18H,3,7-8H2,1-2H3,(H,19,20)/t9-,10?,11?/m1/s1. The molecule has 3 nitrogen and oxygen atoms in total. The minimum Gasteiger partial charge on any atom is -0.354 e. The number of benzene rings is 1. The maximum Gasteiger partial charge on any atom is 0.223 e. The minimum atomic E-state index is -0.564. The van der Waals surface area contributed by atoms with E-state index in [0.29, 0.717) is 13.0 Å². The van der Waals surface area contributed by atoms with Gasteiger partial charge in [0.2, 0.25) is 5.91 Å². The molecular formula is C15H20F2N2O. The van der Waals surface area contributed by atoms with Crippen LogP contribution in [0.25, 0.3) is 0 Å². The number of carbonyl (C=O) groups excluding carboxylic acids is 1. The Morgan fingerprint density at radius 1 is 1.40 bits per heavy atom. The zero-order chi connectivity index (χ0) is 14.7. The highest BCUT2D eigenvalue weighted by atomic mass is 19.1. The second-order valence-electron chi connectivity index (χ2n) is 5.29. The van der Waals surface area contributed by atoms with Crippen molar-refractivity contribution in [1.82, 2.24) is 10.6 Å². The lowest BCUT2D eigenvalue weighted by atomic mass is 10.1. The maximum atomic E-state index is 13.6. The van der Waals surface area contributed by atoms with Crippen LogP contribution in [0.2, 0.25) is 0 Å². The molecule has 20 heavy (non-hydrogen) atoms. The summed E-state index contributed by atoms with van der Waals surface area (Å²) in [5.41, 5.74) is 0.0485. The summed E-state index contributed by atoms with van der Waals surface area (Å²) in [5.74, 6) is -1.89. The van der Waals surface area contributed by atoms with E-state index >= 15 is 0 Å².